The number of halogens is 5. The van der Waals surface area contributed by atoms with Crippen molar-refractivity contribution in [3.63, 3.8) is 0 Å². The van der Waals surface area contributed by atoms with Crippen LogP contribution in [0.3, 0.4) is 0 Å². The summed E-state index contributed by atoms with van der Waals surface area (Å²) in [6.45, 7) is -3.01. The predicted molar refractivity (Wildman–Crippen MR) is 75.7 cm³/mol. The van der Waals surface area contributed by atoms with Gasteiger partial charge < -0.3 is 4.74 Å². The van der Waals surface area contributed by atoms with Gasteiger partial charge in [-0.15, -0.1) is 0 Å². The van der Waals surface area contributed by atoms with Crippen LogP contribution in [0.2, 0.25) is 0 Å². The summed E-state index contributed by atoms with van der Waals surface area (Å²) in [6, 6.07) is 10.6. The molecule has 0 aromatic heterocycles. The first-order valence-corrected chi connectivity index (χ1v) is 6.37. The van der Waals surface area contributed by atoms with Gasteiger partial charge in [0.1, 0.15) is 5.75 Å². The molecule has 1 N–H and O–H groups in total. The molecule has 0 aliphatic carbocycles. The van der Waals surface area contributed by atoms with Crippen molar-refractivity contribution in [3.8, 4) is 5.75 Å². The second-order valence-electron chi connectivity index (χ2n) is 4.33. The van der Waals surface area contributed by atoms with Crippen LogP contribution in [0.25, 0.3) is 0 Å². The Kier molecular flexibility index (Phi) is 5.15. The molecule has 0 fully saturated rings. The molecule has 0 unspecified atom stereocenters. The summed E-state index contributed by atoms with van der Waals surface area (Å²) in [5, 5.41) is 3.65. The molecule has 0 aliphatic heterocycles. The van der Waals surface area contributed by atoms with Crippen LogP contribution < -0.4 is 10.2 Å². The monoisotopic (exact) mass is 330 g/mol. The van der Waals surface area contributed by atoms with Crippen LogP contribution in [-0.4, -0.2) is 12.8 Å². The molecule has 0 amide bonds. The number of nitrogens with one attached hydrogen (secondary N) is 1. The van der Waals surface area contributed by atoms with Crippen molar-refractivity contribution in [1.82, 2.24) is 0 Å². The van der Waals surface area contributed by atoms with Crippen molar-refractivity contribution in [1.29, 1.82) is 0 Å². The second kappa shape index (κ2) is 7.08. The number of ether oxygens (including phenoxy) is 1. The minimum absolute atomic E-state index is 0.128. The normalized spacial score (nSPS) is 11.9. The molecule has 0 bridgehead atoms. The Morgan fingerprint density at radius 1 is 1.00 bits per heavy atom. The van der Waals surface area contributed by atoms with E-state index >= 15 is 0 Å². The van der Waals surface area contributed by atoms with Gasteiger partial charge in [-0.05, 0) is 24.3 Å². The zero-order chi connectivity index (χ0) is 16.9. The maximum absolute atomic E-state index is 12.8. The second-order valence-corrected chi connectivity index (χ2v) is 4.33. The van der Waals surface area contributed by atoms with E-state index in [1.54, 1.807) is 6.07 Å². The maximum Gasteiger partial charge on any atom is 0.418 e. The molecule has 0 saturated heterocycles. The molecule has 3 nitrogen and oxygen atoms in total. The number of para-hydroxylation sites is 2. The van der Waals surface area contributed by atoms with Crippen molar-refractivity contribution in [2.24, 2.45) is 5.10 Å². The fraction of sp³-hybridized carbons (Fsp3) is 0.133. The first-order valence-electron chi connectivity index (χ1n) is 6.37. The third-order valence-corrected chi connectivity index (χ3v) is 2.76. The molecule has 0 saturated carbocycles. The highest BCUT2D eigenvalue weighted by molar-refractivity contribution is 5.84. The highest BCUT2D eigenvalue weighted by Crippen LogP contribution is 2.34. The van der Waals surface area contributed by atoms with E-state index in [4.69, 9.17) is 0 Å². The Hall–Kier alpha value is -2.64. The number of anilines is 1. The molecule has 2 aromatic rings. The number of nitrogens with zero attached hydrogens (tertiary/aromatic N) is 1. The van der Waals surface area contributed by atoms with E-state index in [0.29, 0.717) is 0 Å². The minimum atomic E-state index is -4.53. The van der Waals surface area contributed by atoms with Gasteiger partial charge >= 0.3 is 12.8 Å². The van der Waals surface area contributed by atoms with Gasteiger partial charge in [0.25, 0.3) is 0 Å². The molecule has 2 aromatic carbocycles. The van der Waals surface area contributed by atoms with E-state index in [-0.39, 0.29) is 17.0 Å². The summed E-state index contributed by atoms with van der Waals surface area (Å²) in [7, 11) is 0. The van der Waals surface area contributed by atoms with Crippen LogP contribution in [0.5, 0.6) is 5.75 Å². The summed E-state index contributed by atoms with van der Waals surface area (Å²) in [4.78, 5) is 0. The predicted octanol–water partition coefficient (Wildman–Crippen LogP) is 4.75. The Balaban J connectivity index is 2.18. The topological polar surface area (TPSA) is 33.6 Å². The summed E-state index contributed by atoms with van der Waals surface area (Å²) in [5.74, 6) is -0.128. The average Bonchev–Trinajstić information content (AvgIpc) is 2.48. The molecule has 0 atom stereocenters. The molecule has 0 heterocycles. The number of rotatable bonds is 5. The number of alkyl halides is 5. The van der Waals surface area contributed by atoms with Crippen LogP contribution in [0.15, 0.2) is 53.6 Å². The first kappa shape index (κ1) is 16.7. The number of benzene rings is 2. The van der Waals surface area contributed by atoms with E-state index in [2.05, 4.69) is 15.3 Å². The number of hydrogen-bond acceptors (Lipinski definition) is 3. The van der Waals surface area contributed by atoms with E-state index in [1.807, 2.05) is 0 Å². The van der Waals surface area contributed by atoms with Crippen molar-refractivity contribution >= 4 is 11.9 Å². The third kappa shape index (κ3) is 4.67. The van der Waals surface area contributed by atoms with Crippen molar-refractivity contribution in [3.05, 3.63) is 59.7 Å². The molecular weight excluding hydrogens is 319 g/mol. The van der Waals surface area contributed by atoms with Crippen LogP contribution in [0, 0.1) is 0 Å². The molecule has 0 aliphatic rings. The van der Waals surface area contributed by atoms with Crippen LogP contribution >= 0.6 is 0 Å². The Morgan fingerprint density at radius 3 is 2.35 bits per heavy atom. The smallest absolute Gasteiger partial charge is 0.418 e. The summed E-state index contributed by atoms with van der Waals surface area (Å²) in [6.07, 6.45) is -3.43. The molecular formula is C15H11F5N2O. The van der Waals surface area contributed by atoms with Gasteiger partial charge in [-0.25, -0.2) is 0 Å². The zero-order valence-corrected chi connectivity index (χ0v) is 11.5. The van der Waals surface area contributed by atoms with E-state index < -0.39 is 18.4 Å². The van der Waals surface area contributed by atoms with Gasteiger partial charge in [-0.1, -0.05) is 24.3 Å². The number of hydrogen-bond donors (Lipinski definition) is 1. The lowest BCUT2D eigenvalue weighted by molar-refractivity contribution is -0.137. The van der Waals surface area contributed by atoms with Gasteiger partial charge in [0.2, 0.25) is 0 Å². The molecule has 0 radical (unpaired) electrons. The van der Waals surface area contributed by atoms with Crippen molar-refractivity contribution < 1.29 is 26.7 Å². The third-order valence-electron chi connectivity index (χ3n) is 2.76. The van der Waals surface area contributed by atoms with Crippen LogP contribution in [0.1, 0.15) is 11.1 Å². The standard InChI is InChI=1S/C15H11F5N2O/c16-14(17)23-13-8-4-1-5-10(13)9-21-22-12-7-3-2-6-11(12)15(18,19)20/h1-9,14,22H/b21-9+. The lowest BCUT2D eigenvalue weighted by atomic mass is 10.2. The van der Waals surface area contributed by atoms with E-state index in [9.17, 15) is 22.0 Å². The van der Waals surface area contributed by atoms with Crippen molar-refractivity contribution in [2.45, 2.75) is 12.8 Å². The largest absolute Gasteiger partial charge is 0.434 e. The molecule has 2 rings (SSSR count). The van der Waals surface area contributed by atoms with Gasteiger partial charge in [0.15, 0.2) is 0 Å². The summed E-state index contributed by atoms with van der Waals surface area (Å²) < 4.78 is 67.3. The van der Waals surface area contributed by atoms with Gasteiger partial charge in [0, 0.05) is 5.56 Å². The van der Waals surface area contributed by atoms with Gasteiger partial charge in [-0.2, -0.15) is 27.1 Å². The molecule has 8 heteroatoms. The maximum atomic E-state index is 12.8. The molecule has 0 spiro atoms. The highest BCUT2D eigenvalue weighted by Gasteiger charge is 2.33. The van der Waals surface area contributed by atoms with E-state index in [0.717, 1.165) is 12.3 Å². The Morgan fingerprint density at radius 2 is 1.65 bits per heavy atom. The quantitative estimate of drug-likeness (QED) is 0.487. The molecule has 23 heavy (non-hydrogen) atoms. The fourth-order valence-corrected chi connectivity index (χ4v) is 1.79. The minimum Gasteiger partial charge on any atom is -0.434 e. The van der Waals surface area contributed by atoms with Crippen LogP contribution in [-0.2, 0) is 6.18 Å². The Bertz CT molecular complexity index is 686. The van der Waals surface area contributed by atoms with Crippen LogP contribution in [0.4, 0.5) is 27.6 Å². The average molecular weight is 330 g/mol. The summed E-state index contributed by atoms with van der Waals surface area (Å²) in [5.41, 5.74) is 1.33. The first-order chi connectivity index (χ1) is 10.9. The van der Waals surface area contributed by atoms with E-state index in [1.165, 1.54) is 36.4 Å². The summed E-state index contributed by atoms with van der Waals surface area (Å²) >= 11 is 0. The fourth-order valence-electron chi connectivity index (χ4n) is 1.79. The van der Waals surface area contributed by atoms with Gasteiger partial charge in [-0.3, -0.25) is 5.43 Å². The molecule has 122 valence electrons. The zero-order valence-electron chi connectivity index (χ0n) is 11.5. The lowest BCUT2D eigenvalue weighted by Gasteiger charge is -2.11. The lowest BCUT2D eigenvalue weighted by Crippen LogP contribution is -2.08. The highest BCUT2D eigenvalue weighted by atomic mass is 19.4. The SMILES string of the molecule is FC(F)Oc1ccccc1/C=N/Nc1ccccc1C(F)(F)F. The van der Waals surface area contributed by atoms with Gasteiger partial charge in [0.05, 0.1) is 17.5 Å². The van der Waals surface area contributed by atoms with Crippen molar-refractivity contribution in [2.75, 3.05) is 5.43 Å². The Labute approximate surface area is 128 Å². The number of hydrazone groups is 1.